The van der Waals surface area contributed by atoms with Crippen molar-refractivity contribution in [2.24, 2.45) is 0 Å². The lowest BCUT2D eigenvalue weighted by atomic mass is 10.0. The van der Waals surface area contributed by atoms with E-state index in [4.69, 9.17) is 0 Å². The van der Waals surface area contributed by atoms with E-state index in [1.54, 1.807) is 0 Å². The van der Waals surface area contributed by atoms with Gasteiger partial charge in [-0.05, 0) is 45.4 Å². The van der Waals surface area contributed by atoms with Crippen molar-refractivity contribution in [1.29, 1.82) is 0 Å². The van der Waals surface area contributed by atoms with Crippen LogP contribution in [0.2, 0.25) is 0 Å². The Morgan fingerprint density at radius 1 is 1.37 bits per heavy atom. The van der Waals surface area contributed by atoms with Gasteiger partial charge in [-0.2, -0.15) is 0 Å². The van der Waals surface area contributed by atoms with Crippen LogP contribution in [-0.4, -0.2) is 41.5 Å². The van der Waals surface area contributed by atoms with Crippen LogP contribution in [0.25, 0.3) is 0 Å². The van der Waals surface area contributed by atoms with Gasteiger partial charge in [-0.25, -0.2) is 0 Å². The van der Waals surface area contributed by atoms with E-state index in [1.165, 1.54) is 0 Å². The second-order valence-electron chi connectivity index (χ2n) is 5.21. The van der Waals surface area contributed by atoms with Gasteiger partial charge < -0.3 is 10.2 Å². The molecule has 1 saturated heterocycles. The summed E-state index contributed by atoms with van der Waals surface area (Å²) in [5.74, 6) is 0.125. The molecule has 1 amide bonds. The fraction of sp³-hybridized carbons (Fsp3) is 0.600. The molecular weight excluding hydrogens is 238 g/mol. The minimum absolute atomic E-state index is 0.125. The highest BCUT2D eigenvalue weighted by molar-refractivity contribution is 5.95. The largest absolute Gasteiger partial charge is 0.338 e. The summed E-state index contributed by atoms with van der Waals surface area (Å²) in [4.78, 5) is 18.8. The zero-order chi connectivity index (χ0) is 13.8. The lowest BCUT2D eigenvalue weighted by Gasteiger charge is -2.32. The van der Waals surface area contributed by atoms with Crippen molar-refractivity contribution in [2.45, 2.75) is 39.7 Å². The summed E-state index contributed by atoms with van der Waals surface area (Å²) in [6.07, 6.45) is 2.08. The molecule has 104 valence electrons. The first-order valence-corrected chi connectivity index (χ1v) is 7.08. The van der Waals surface area contributed by atoms with E-state index in [1.807, 2.05) is 30.9 Å². The molecule has 1 aromatic rings. The van der Waals surface area contributed by atoms with Gasteiger partial charge in [0.1, 0.15) is 0 Å². The summed E-state index contributed by atoms with van der Waals surface area (Å²) in [5.41, 5.74) is 2.53. The molecule has 0 bridgehead atoms. The van der Waals surface area contributed by atoms with Crippen molar-refractivity contribution in [3.05, 3.63) is 29.1 Å². The molecule has 4 nitrogen and oxygen atoms in total. The number of carbonyl (C=O) groups is 1. The SMILES string of the molecule is CCNC1CCN(C(=O)c2ccc(C)nc2C)CC1. The molecule has 1 N–H and O–H groups in total. The van der Waals surface area contributed by atoms with Crippen LogP contribution in [0.3, 0.4) is 0 Å². The Kier molecular flexibility index (Phi) is 4.53. The second-order valence-corrected chi connectivity index (χ2v) is 5.21. The van der Waals surface area contributed by atoms with Gasteiger partial charge in [0.15, 0.2) is 0 Å². The number of aromatic nitrogens is 1. The monoisotopic (exact) mass is 261 g/mol. The summed E-state index contributed by atoms with van der Waals surface area (Å²) in [6, 6.07) is 4.37. The van der Waals surface area contributed by atoms with E-state index in [-0.39, 0.29) is 5.91 Å². The van der Waals surface area contributed by atoms with Gasteiger partial charge in [0.05, 0.1) is 11.3 Å². The lowest BCUT2D eigenvalue weighted by molar-refractivity contribution is 0.0704. The van der Waals surface area contributed by atoms with Crippen LogP contribution >= 0.6 is 0 Å². The average Bonchev–Trinajstić information content (AvgIpc) is 2.39. The maximum absolute atomic E-state index is 12.5. The van der Waals surface area contributed by atoms with Gasteiger partial charge in [0.25, 0.3) is 5.91 Å². The molecule has 0 aliphatic carbocycles. The van der Waals surface area contributed by atoms with Gasteiger partial charge in [-0.3, -0.25) is 9.78 Å². The smallest absolute Gasteiger partial charge is 0.255 e. The van der Waals surface area contributed by atoms with Crippen LogP contribution in [-0.2, 0) is 0 Å². The molecule has 1 fully saturated rings. The molecule has 2 rings (SSSR count). The van der Waals surface area contributed by atoms with E-state index >= 15 is 0 Å². The average molecular weight is 261 g/mol. The zero-order valence-corrected chi connectivity index (χ0v) is 12.1. The number of nitrogens with one attached hydrogen (secondary N) is 1. The zero-order valence-electron chi connectivity index (χ0n) is 12.1. The molecule has 1 aliphatic heterocycles. The molecular formula is C15H23N3O. The third-order valence-electron chi connectivity index (χ3n) is 3.73. The minimum atomic E-state index is 0.125. The van der Waals surface area contributed by atoms with Gasteiger partial charge in [0, 0.05) is 24.8 Å². The van der Waals surface area contributed by atoms with Crippen molar-refractivity contribution in [3.8, 4) is 0 Å². The summed E-state index contributed by atoms with van der Waals surface area (Å²) in [7, 11) is 0. The van der Waals surface area contributed by atoms with Crippen LogP contribution in [0.1, 0.15) is 41.5 Å². The molecule has 0 atom stereocenters. The molecule has 19 heavy (non-hydrogen) atoms. The van der Waals surface area contributed by atoms with E-state index in [2.05, 4.69) is 17.2 Å². The van der Waals surface area contributed by atoms with E-state index in [0.29, 0.717) is 6.04 Å². The number of pyridine rings is 1. The number of aryl methyl sites for hydroxylation is 2. The number of hydrogen-bond donors (Lipinski definition) is 1. The van der Waals surface area contributed by atoms with Crippen molar-refractivity contribution in [1.82, 2.24) is 15.2 Å². The molecule has 0 spiro atoms. The maximum Gasteiger partial charge on any atom is 0.255 e. The Bertz CT molecular complexity index is 451. The highest BCUT2D eigenvalue weighted by Crippen LogP contribution is 2.15. The van der Waals surface area contributed by atoms with Crippen LogP contribution in [0, 0.1) is 13.8 Å². The Morgan fingerprint density at radius 2 is 2.05 bits per heavy atom. The van der Waals surface area contributed by atoms with Crippen LogP contribution < -0.4 is 5.32 Å². The number of nitrogens with zero attached hydrogens (tertiary/aromatic N) is 2. The first kappa shape index (κ1) is 14.0. The molecule has 0 radical (unpaired) electrons. The maximum atomic E-state index is 12.5. The van der Waals surface area contributed by atoms with Crippen LogP contribution in [0.5, 0.6) is 0 Å². The number of amides is 1. The quantitative estimate of drug-likeness (QED) is 0.904. The normalized spacial score (nSPS) is 16.7. The predicted molar refractivity (Wildman–Crippen MR) is 76.3 cm³/mol. The molecule has 0 saturated carbocycles. The summed E-state index contributed by atoms with van der Waals surface area (Å²) in [6.45, 7) is 8.65. The standard InChI is InChI=1S/C15H23N3O/c1-4-16-13-7-9-18(10-8-13)15(19)14-6-5-11(2)17-12(14)3/h5-6,13,16H,4,7-10H2,1-3H3. The number of piperidine rings is 1. The third kappa shape index (κ3) is 3.32. The molecule has 2 heterocycles. The Labute approximate surface area is 115 Å². The second kappa shape index (κ2) is 6.15. The number of hydrogen-bond acceptors (Lipinski definition) is 3. The van der Waals surface area contributed by atoms with Crippen LogP contribution in [0.15, 0.2) is 12.1 Å². The molecule has 1 aliphatic rings. The van der Waals surface area contributed by atoms with Crippen molar-refractivity contribution >= 4 is 5.91 Å². The van der Waals surface area contributed by atoms with E-state index in [0.717, 1.165) is 49.4 Å². The highest BCUT2D eigenvalue weighted by Gasteiger charge is 2.24. The number of carbonyl (C=O) groups excluding carboxylic acids is 1. The van der Waals surface area contributed by atoms with Crippen LogP contribution in [0.4, 0.5) is 0 Å². The summed E-state index contributed by atoms with van der Waals surface area (Å²) >= 11 is 0. The van der Waals surface area contributed by atoms with E-state index in [9.17, 15) is 4.79 Å². The fourth-order valence-corrected chi connectivity index (χ4v) is 2.66. The predicted octanol–water partition coefficient (Wildman–Crippen LogP) is 1.91. The number of likely N-dealkylation sites (tertiary alicyclic amines) is 1. The lowest BCUT2D eigenvalue weighted by Crippen LogP contribution is -2.45. The first-order chi connectivity index (χ1) is 9.11. The minimum Gasteiger partial charge on any atom is -0.338 e. The highest BCUT2D eigenvalue weighted by atomic mass is 16.2. The van der Waals surface area contributed by atoms with Gasteiger partial charge >= 0.3 is 0 Å². The van der Waals surface area contributed by atoms with Crippen molar-refractivity contribution in [3.63, 3.8) is 0 Å². The first-order valence-electron chi connectivity index (χ1n) is 7.08. The number of rotatable bonds is 3. The topological polar surface area (TPSA) is 45.2 Å². The van der Waals surface area contributed by atoms with Gasteiger partial charge in [0.2, 0.25) is 0 Å². The van der Waals surface area contributed by atoms with Gasteiger partial charge in [-0.1, -0.05) is 6.92 Å². The molecule has 4 heteroatoms. The van der Waals surface area contributed by atoms with E-state index < -0.39 is 0 Å². The Balaban J connectivity index is 2.01. The Morgan fingerprint density at radius 3 is 2.63 bits per heavy atom. The van der Waals surface area contributed by atoms with Gasteiger partial charge in [-0.15, -0.1) is 0 Å². The molecule has 1 aromatic heterocycles. The summed E-state index contributed by atoms with van der Waals surface area (Å²) in [5, 5.41) is 3.45. The molecule has 0 aromatic carbocycles. The van der Waals surface area contributed by atoms with Crippen molar-refractivity contribution in [2.75, 3.05) is 19.6 Å². The Hall–Kier alpha value is -1.42. The fourth-order valence-electron chi connectivity index (χ4n) is 2.66. The third-order valence-corrected chi connectivity index (χ3v) is 3.73. The van der Waals surface area contributed by atoms with Crippen molar-refractivity contribution < 1.29 is 4.79 Å². The summed E-state index contributed by atoms with van der Waals surface area (Å²) < 4.78 is 0. The molecule has 0 unspecified atom stereocenters.